The molecule has 0 radical (unpaired) electrons. The zero-order chi connectivity index (χ0) is 29.5. The molecule has 2 rings (SSSR count). The molecule has 20 heteroatoms. The Morgan fingerprint density at radius 2 is 1.29 bits per heavy atom. The van der Waals surface area contributed by atoms with E-state index < -0.39 is 56.8 Å². The molecule has 0 aliphatic carbocycles. The molecule has 1 aromatic carbocycles. The van der Waals surface area contributed by atoms with Crippen LogP contribution in [0.25, 0.3) is 0 Å². The minimum atomic E-state index is -7.34. The number of carbonyl (C=O) groups excluding carboxylic acids is 1. The molecule has 0 saturated carbocycles. The third-order valence-electron chi connectivity index (χ3n) is 4.28. The maximum Gasteiger partial charge on any atom is 0.462 e. The van der Waals surface area contributed by atoms with Crippen molar-refractivity contribution in [3.05, 3.63) is 41.7 Å². The number of carbonyl (C=O) groups is 1. The lowest BCUT2D eigenvalue weighted by Gasteiger charge is -2.34. The summed E-state index contributed by atoms with van der Waals surface area (Å²) in [6, 6.07) is 3.75. The molecule has 2 aromatic rings. The lowest BCUT2D eigenvalue weighted by molar-refractivity contribution is -0.472. The van der Waals surface area contributed by atoms with Crippen molar-refractivity contribution in [2.75, 3.05) is 10.0 Å². The van der Waals surface area contributed by atoms with Crippen LogP contribution >= 0.6 is 0 Å². The number of alkyl halides is 11. The summed E-state index contributed by atoms with van der Waals surface area (Å²) < 4.78 is 171. The van der Waals surface area contributed by atoms with E-state index in [9.17, 15) is 61.5 Å². The van der Waals surface area contributed by atoms with Gasteiger partial charge >= 0.3 is 30.2 Å². The van der Waals surface area contributed by atoms with E-state index in [1.165, 1.54) is 19.9 Å². The second kappa shape index (κ2) is 9.79. The van der Waals surface area contributed by atoms with Gasteiger partial charge in [0, 0.05) is 17.1 Å². The van der Waals surface area contributed by atoms with Crippen molar-refractivity contribution >= 4 is 27.6 Å². The van der Waals surface area contributed by atoms with Crippen molar-refractivity contribution in [1.29, 1.82) is 0 Å². The molecule has 0 saturated heterocycles. The van der Waals surface area contributed by atoms with E-state index in [4.69, 9.17) is 0 Å². The van der Waals surface area contributed by atoms with Gasteiger partial charge in [0.05, 0.1) is 4.90 Å². The maximum absolute atomic E-state index is 14.3. The lowest BCUT2D eigenvalue weighted by Crippen LogP contribution is -2.62. The minimum Gasteiger partial charge on any atom is -0.321 e. The monoisotopic (exact) mass is 590 g/mol. The number of anilines is 2. The SMILES string of the molecule is Cc1cc(C)nc(NS(=O)(=O)c2ccc(NC(=O)C(F)(OC(F)(F)C(F)(F)C(F)(F)F)C(F)(F)F)cc2)n1. The van der Waals surface area contributed by atoms with Gasteiger partial charge in [0.1, 0.15) is 0 Å². The predicted octanol–water partition coefficient (Wildman–Crippen LogP) is 4.87. The number of halogens is 11. The van der Waals surface area contributed by atoms with E-state index >= 15 is 0 Å². The summed E-state index contributed by atoms with van der Waals surface area (Å²) in [6.07, 6.45) is -21.3. The van der Waals surface area contributed by atoms with Gasteiger partial charge in [-0.1, -0.05) is 0 Å². The van der Waals surface area contributed by atoms with Crippen LogP contribution in [-0.2, 0) is 19.6 Å². The topological polar surface area (TPSA) is 110 Å². The number of hydrogen-bond donors (Lipinski definition) is 2. The van der Waals surface area contributed by atoms with Crippen molar-refractivity contribution in [2.24, 2.45) is 0 Å². The van der Waals surface area contributed by atoms with Crippen LogP contribution in [0.15, 0.2) is 35.2 Å². The molecule has 0 bridgehead atoms. The van der Waals surface area contributed by atoms with Crippen molar-refractivity contribution in [3.63, 3.8) is 0 Å². The molecule has 1 atom stereocenters. The standard InChI is InChI=1S/C18H13F11N4O4S/c1-8-7-9(2)31-13(30-8)33-38(35,36)11-5-3-10(4-6-11)32-12(34)14(19,16(22,23)24)37-18(28,29)15(20,21)17(25,26)27/h3-7H,1-2H3,(H,32,34)(H,30,31,33). The first kappa shape index (κ1) is 30.9. The number of aromatic nitrogens is 2. The molecule has 212 valence electrons. The van der Waals surface area contributed by atoms with Gasteiger partial charge in [-0.2, -0.15) is 48.3 Å². The molecular formula is C18H13F11N4O4S. The van der Waals surface area contributed by atoms with Crippen molar-refractivity contribution in [2.45, 2.75) is 49.0 Å². The Bertz CT molecular complexity index is 1280. The summed E-state index contributed by atoms with van der Waals surface area (Å²) in [7, 11) is -4.45. The molecule has 1 amide bonds. The smallest absolute Gasteiger partial charge is 0.321 e. The average molecular weight is 590 g/mol. The van der Waals surface area contributed by atoms with Crippen LogP contribution in [0, 0.1) is 13.8 Å². The van der Waals surface area contributed by atoms with Gasteiger partial charge in [-0.05, 0) is 44.2 Å². The molecule has 0 aliphatic rings. The Balaban J connectivity index is 2.31. The predicted molar refractivity (Wildman–Crippen MR) is 104 cm³/mol. The zero-order valence-corrected chi connectivity index (χ0v) is 19.3. The number of aryl methyl sites for hydroxylation is 2. The van der Waals surface area contributed by atoms with Gasteiger partial charge in [-0.3, -0.25) is 9.53 Å². The number of nitrogens with zero attached hydrogens (tertiary/aromatic N) is 2. The molecule has 1 heterocycles. The summed E-state index contributed by atoms with van der Waals surface area (Å²) in [4.78, 5) is 18.8. The quantitative estimate of drug-likeness (QED) is 0.425. The van der Waals surface area contributed by atoms with E-state index in [1.54, 1.807) is 0 Å². The summed E-state index contributed by atoms with van der Waals surface area (Å²) >= 11 is 0. The van der Waals surface area contributed by atoms with Crippen molar-refractivity contribution < 1.29 is 66.2 Å². The highest BCUT2D eigenvalue weighted by Crippen LogP contribution is 2.51. The van der Waals surface area contributed by atoms with E-state index in [-0.39, 0.29) is 5.95 Å². The second-order valence-electron chi connectivity index (χ2n) is 7.34. The fraction of sp³-hybridized carbons (Fsp3) is 0.389. The van der Waals surface area contributed by atoms with E-state index in [0.29, 0.717) is 35.7 Å². The van der Waals surface area contributed by atoms with Crippen molar-refractivity contribution in [3.8, 4) is 0 Å². The molecule has 0 fully saturated rings. The second-order valence-corrected chi connectivity index (χ2v) is 9.02. The van der Waals surface area contributed by atoms with Crippen LogP contribution in [0.2, 0.25) is 0 Å². The van der Waals surface area contributed by atoms with Crippen molar-refractivity contribution in [1.82, 2.24) is 9.97 Å². The number of hydrogen-bond acceptors (Lipinski definition) is 6. The molecule has 2 N–H and O–H groups in total. The van der Waals surface area contributed by atoms with E-state index in [1.807, 2.05) is 4.72 Å². The van der Waals surface area contributed by atoms with Crippen LogP contribution < -0.4 is 10.0 Å². The van der Waals surface area contributed by atoms with E-state index in [2.05, 4.69) is 14.7 Å². The molecule has 0 aliphatic heterocycles. The third kappa shape index (κ3) is 6.22. The molecular weight excluding hydrogens is 577 g/mol. The Labute approximate surface area is 205 Å². The lowest BCUT2D eigenvalue weighted by atomic mass is 10.2. The summed E-state index contributed by atoms with van der Waals surface area (Å²) in [5.74, 6) is -17.4. The van der Waals surface area contributed by atoms with Gasteiger partial charge in [0.2, 0.25) is 5.95 Å². The molecule has 1 unspecified atom stereocenters. The first-order chi connectivity index (χ1) is 16.9. The molecule has 8 nitrogen and oxygen atoms in total. The zero-order valence-electron chi connectivity index (χ0n) is 18.5. The highest BCUT2D eigenvalue weighted by atomic mass is 32.2. The van der Waals surface area contributed by atoms with Crippen LogP contribution in [0.3, 0.4) is 0 Å². The normalized spacial score (nSPS) is 15.1. The number of benzene rings is 1. The van der Waals surface area contributed by atoms with Crippen LogP contribution in [0.1, 0.15) is 11.4 Å². The van der Waals surface area contributed by atoms with E-state index in [0.717, 1.165) is 5.32 Å². The first-order valence-corrected chi connectivity index (χ1v) is 11.0. The number of sulfonamides is 1. The summed E-state index contributed by atoms with van der Waals surface area (Å²) in [5.41, 5.74) is -0.195. The van der Waals surface area contributed by atoms with Gasteiger partial charge in [0.15, 0.2) is 0 Å². The Morgan fingerprint density at radius 3 is 1.71 bits per heavy atom. The van der Waals surface area contributed by atoms with Crippen LogP contribution in [-0.4, -0.2) is 54.5 Å². The number of ether oxygens (including phenoxy) is 1. The van der Waals surface area contributed by atoms with Gasteiger partial charge in [-0.15, -0.1) is 0 Å². The highest BCUT2D eigenvalue weighted by molar-refractivity contribution is 7.92. The third-order valence-corrected chi connectivity index (χ3v) is 5.62. The summed E-state index contributed by atoms with van der Waals surface area (Å²) in [5, 5.41) is 0.987. The average Bonchev–Trinajstić information content (AvgIpc) is 2.70. The number of nitrogens with one attached hydrogen (secondary N) is 2. The van der Waals surface area contributed by atoms with Crippen LogP contribution in [0.4, 0.5) is 59.9 Å². The minimum absolute atomic E-state index is 0.369. The maximum atomic E-state index is 14.3. The fourth-order valence-corrected chi connectivity index (χ4v) is 3.46. The fourth-order valence-electron chi connectivity index (χ4n) is 2.52. The number of amides is 1. The Kier molecular flexibility index (Phi) is 7.97. The van der Waals surface area contributed by atoms with Gasteiger partial charge in [0.25, 0.3) is 15.9 Å². The Hall–Kier alpha value is -3.29. The number of rotatable bonds is 8. The largest absolute Gasteiger partial charge is 0.462 e. The Morgan fingerprint density at radius 1 is 0.816 bits per heavy atom. The van der Waals surface area contributed by atoms with Crippen LogP contribution in [0.5, 0.6) is 0 Å². The summed E-state index contributed by atoms with van der Waals surface area (Å²) in [6.45, 7) is 3.03. The molecule has 38 heavy (non-hydrogen) atoms. The molecule has 1 aromatic heterocycles. The highest BCUT2D eigenvalue weighted by Gasteiger charge is 2.79. The molecule has 0 spiro atoms. The van der Waals surface area contributed by atoms with Gasteiger partial charge < -0.3 is 5.32 Å². The first-order valence-electron chi connectivity index (χ1n) is 9.48. The van der Waals surface area contributed by atoms with Gasteiger partial charge in [-0.25, -0.2) is 23.1 Å².